The lowest BCUT2D eigenvalue weighted by Gasteiger charge is -2.08. The minimum Gasteiger partial charge on any atom is -0.494 e. The Bertz CT molecular complexity index is 1810. The molecule has 0 fully saturated rings. The summed E-state index contributed by atoms with van der Waals surface area (Å²) in [5, 5.41) is 0. The number of unbranched alkanes of at least 4 members (excludes halogenated alkanes) is 17. The molecule has 4 aromatic carbocycles. The summed E-state index contributed by atoms with van der Waals surface area (Å²) < 4.78 is 22.6. The van der Waals surface area contributed by atoms with E-state index in [-0.39, 0.29) is 5.97 Å². The summed E-state index contributed by atoms with van der Waals surface area (Å²) in [6.07, 6.45) is 27.9. The lowest BCUT2D eigenvalue weighted by molar-refractivity contribution is -0.134. The van der Waals surface area contributed by atoms with Gasteiger partial charge in [-0.1, -0.05) is 159 Å². The van der Waals surface area contributed by atoms with Gasteiger partial charge < -0.3 is 18.9 Å². The number of hydrogen-bond donors (Lipinski definition) is 0. The first-order valence-corrected chi connectivity index (χ1v) is 22.3. The number of esters is 3. The van der Waals surface area contributed by atoms with Crippen molar-refractivity contribution in [3.63, 3.8) is 0 Å². The number of rotatable bonds is 29. The van der Waals surface area contributed by atoms with E-state index in [0.717, 1.165) is 36.1 Å². The third-order valence-corrected chi connectivity index (χ3v) is 10.3. The first-order valence-electron chi connectivity index (χ1n) is 22.3. The Morgan fingerprint density at radius 2 is 0.864 bits per heavy atom. The first-order chi connectivity index (χ1) is 28.9. The largest absolute Gasteiger partial charge is 0.494 e. The maximum absolute atomic E-state index is 12.8. The standard InChI is InChI=1S/C52H66O7/c1-3-5-7-9-11-13-15-17-19-21-40-56-46-36-30-44(31-37-46)51(54)59-48-38-32-45(33-39-48)52(55)58-47-34-28-42(29-35-47)26-27-43-23-22-24-49(41-43)57-50(53)25-20-18-16-14-12-10-8-6-4-2/h22-24,26-39,41H,3-21,25,40H2,1-2H3/b27-26+. The molecule has 4 aromatic rings. The molecule has 316 valence electrons. The van der Waals surface area contributed by atoms with E-state index in [9.17, 15) is 14.4 Å². The summed E-state index contributed by atoms with van der Waals surface area (Å²) in [5.41, 5.74) is 2.55. The van der Waals surface area contributed by atoms with Crippen molar-refractivity contribution in [2.75, 3.05) is 6.61 Å². The van der Waals surface area contributed by atoms with Crippen LogP contribution in [-0.2, 0) is 4.79 Å². The lowest BCUT2D eigenvalue weighted by Crippen LogP contribution is -2.10. The number of carbonyl (C=O) groups is 3. The fraction of sp³-hybridized carbons (Fsp3) is 0.442. The predicted molar refractivity (Wildman–Crippen MR) is 239 cm³/mol. The van der Waals surface area contributed by atoms with Crippen molar-refractivity contribution in [1.82, 2.24) is 0 Å². The van der Waals surface area contributed by atoms with Crippen LogP contribution in [0.15, 0.2) is 97.1 Å². The summed E-state index contributed by atoms with van der Waals surface area (Å²) in [6, 6.07) is 27.9. The molecule has 0 saturated heterocycles. The molecule has 7 heteroatoms. The molecule has 0 N–H and O–H groups in total. The average Bonchev–Trinajstić information content (AvgIpc) is 3.25. The molecule has 0 saturated carbocycles. The maximum atomic E-state index is 12.8. The van der Waals surface area contributed by atoms with Gasteiger partial charge in [-0.15, -0.1) is 0 Å². The quantitative estimate of drug-likeness (QED) is 0.0234. The minimum atomic E-state index is -0.524. The van der Waals surface area contributed by atoms with Crippen molar-refractivity contribution in [1.29, 1.82) is 0 Å². The van der Waals surface area contributed by atoms with E-state index in [1.165, 1.54) is 103 Å². The molecule has 0 aromatic heterocycles. The minimum absolute atomic E-state index is 0.198. The zero-order valence-corrected chi connectivity index (χ0v) is 35.6. The van der Waals surface area contributed by atoms with Crippen molar-refractivity contribution < 1.29 is 33.3 Å². The van der Waals surface area contributed by atoms with Gasteiger partial charge in [-0.3, -0.25) is 4.79 Å². The van der Waals surface area contributed by atoms with E-state index >= 15 is 0 Å². The number of hydrogen-bond acceptors (Lipinski definition) is 7. The maximum Gasteiger partial charge on any atom is 0.343 e. The fourth-order valence-electron chi connectivity index (χ4n) is 6.74. The van der Waals surface area contributed by atoms with Gasteiger partial charge >= 0.3 is 17.9 Å². The van der Waals surface area contributed by atoms with E-state index in [2.05, 4.69) is 13.8 Å². The van der Waals surface area contributed by atoms with Gasteiger partial charge in [0, 0.05) is 6.42 Å². The number of ether oxygens (including phenoxy) is 4. The smallest absolute Gasteiger partial charge is 0.343 e. The topological polar surface area (TPSA) is 88.1 Å². The fourth-order valence-corrected chi connectivity index (χ4v) is 6.74. The second-order valence-corrected chi connectivity index (χ2v) is 15.4. The van der Waals surface area contributed by atoms with E-state index in [1.807, 2.05) is 42.5 Å². The molecule has 0 atom stereocenters. The summed E-state index contributed by atoms with van der Waals surface area (Å²) in [4.78, 5) is 38.0. The Hall–Kier alpha value is -5.17. The molecule has 0 heterocycles. The normalized spacial score (nSPS) is 11.1. The summed E-state index contributed by atoms with van der Waals surface area (Å²) in [5.74, 6) is 0.770. The van der Waals surface area contributed by atoms with Crippen LogP contribution in [0.1, 0.15) is 174 Å². The molecule has 0 aliphatic rings. The lowest BCUT2D eigenvalue weighted by atomic mass is 10.1. The van der Waals surface area contributed by atoms with Crippen LogP contribution in [0.3, 0.4) is 0 Å². The molecule has 4 rings (SSSR count). The molecule has 0 amide bonds. The van der Waals surface area contributed by atoms with Gasteiger partial charge in [0.2, 0.25) is 0 Å². The van der Waals surface area contributed by atoms with Crippen LogP contribution in [0.4, 0.5) is 0 Å². The average molecular weight is 803 g/mol. The Balaban J connectivity index is 1.12. The van der Waals surface area contributed by atoms with Crippen LogP contribution in [0.5, 0.6) is 23.0 Å². The third kappa shape index (κ3) is 19.4. The highest BCUT2D eigenvalue weighted by molar-refractivity contribution is 5.92. The van der Waals surface area contributed by atoms with Gasteiger partial charge in [-0.05, 0) is 96.8 Å². The van der Waals surface area contributed by atoms with Crippen LogP contribution in [-0.4, -0.2) is 24.5 Å². The molecule has 0 unspecified atom stereocenters. The Morgan fingerprint density at radius 1 is 0.424 bits per heavy atom. The van der Waals surface area contributed by atoms with Crippen molar-refractivity contribution in [3.8, 4) is 23.0 Å². The van der Waals surface area contributed by atoms with Crippen LogP contribution < -0.4 is 18.9 Å². The summed E-state index contributed by atoms with van der Waals surface area (Å²) in [7, 11) is 0. The van der Waals surface area contributed by atoms with Crippen molar-refractivity contribution in [2.45, 2.75) is 142 Å². The highest BCUT2D eigenvalue weighted by Gasteiger charge is 2.13. The first kappa shape index (κ1) is 46.5. The molecule has 0 bridgehead atoms. The van der Waals surface area contributed by atoms with Gasteiger partial charge in [0.05, 0.1) is 17.7 Å². The molecule has 0 spiro atoms. The van der Waals surface area contributed by atoms with E-state index < -0.39 is 11.9 Å². The van der Waals surface area contributed by atoms with Crippen molar-refractivity contribution in [2.24, 2.45) is 0 Å². The van der Waals surface area contributed by atoms with Gasteiger partial charge in [0.15, 0.2) is 0 Å². The summed E-state index contributed by atoms with van der Waals surface area (Å²) in [6.45, 7) is 5.15. The highest BCUT2D eigenvalue weighted by Crippen LogP contribution is 2.22. The van der Waals surface area contributed by atoms with Gasteiger partial charge in [-0.25, -0.2) is 9.59 Å². The zero-order chi connectivity index (χ0) is 41.8. The second-order valence-electron chi connectivity index (χ2n) is 15.4. The molecule has 0 radical (unpaired) electrons. The van der Waals surface area contributed by atoms with Crippen molar-refractivity contribution >= 4 is 30.1 Å². The van der Waals surface area contributed by atoms with Gasteiger partial charge in [-0.2, -0.15) is 0 Å². The van der Waals surface area contributed by atoms with E-state index in [4.69, 9.17) is 18.9 Å². The van der Waals surface area contributed by atoms with Crippen LogP contribution >= 0.6 is 0 Å². The van der Waals surface area contributed by atoms with Gasteiger partial charge in [0.1, 0.15) is 23.0 Å². The Labute approximate surface area is 353 Å². The SMILES string of the molecule is CCCCCCCCCCCCOc1ccc(C(=O)Oc2ccc(C(=O)Oc3ccc(/C=C/c4cccc(OC(=O)CCCCCCCCCCC)c4)cc3)cc2)cc1. The van der Waals surface area contributed by atoms with Crippen LogP contribution in [0, 0.1) is 0 Å². The molecule has 7 nitrogen and oxygen atoms in total. The Morgan fingerprint density at radius 3 is 1.39 bits per heavy atom. The monoisotopic (exact) mass is 802 g/mol. The number of benzene rings is 4. The van der Waals surface area contributed by atoms with Crippen molar-refractivity contribution in [3.05, 3.63) is 119 Å². The van der Waals surface area contributed by atoms with Crippen LogP contribution in [0.2, 0.25) is 0 Å². The molecule has 0 aliphatic carbocycles. The summed E-state index contributed by atoms with van der Waals surface area (Å²) >= 11 is 0. The molecule has 0 aliphatic heterocycles. The van der Waals surface area contributed by atoms with Gasteiger partial charge in [0.25, 0.3) is 0 Å². The third-order valence-electron chi connectivity index (χ3n) is 10.3. The predicted octanol–water partition coefficient (Wildman–Crippen LogP) is 14.4. The zero-order valence-electron chi connectivity index (χ0n) is 35.6. The molecule has 59 heavy (non-hydrogen) atoms. The number of carbonyl (C=O) groups excluding carboxylic acids is 3. The van der Waals surface area contributed by atoms with Crippen LogP contribution in [0.25, 0.3) is 12.2 Å². The molecular formula is C52H66O7. The highest BCUT2D eigenvalue weighted by atomic mass is 16.5. The van der Waals surface area contributed by atoms with E-state index in [0.29, 0.717) is 41.4 Å². The Kier molecular flexibility index (Phi) is 22.3. The van der Waals surface area contributed by atoms with E-state index in [1.54, 1.807) is 66.7 Å². The second kappa shape index (κ2) is 28.3. The molecular weight excluding hydrogens is 737 g/mol.